The number of anilines is 1. The van der Waals surface area contributed by atoms with Crippen molar-refractivity contribution in [2.75, 3.05) is 11.9 Å². The van der Waals surface area contributed by atoms with Crippen LogP contribution in [0.1, 0.15) is 44.1 Å². The van der Waals surface area contributed by atoms with Gasteiger partial charge in [-0.1, -0.05) is 61.5 Å². The Hall–Kier alpha value is -3.81. The standard InChI is InChI=1S/C23H23N5O3/c1-15(2)16-8-10-18(11-9-16)24-20(29)14-28-21(30)13-12-19(26-28)23-25-22(27-31-23)17-6-4-3-5-7-17/h3-11,15H,12-14H2,1-2H3,(H,24,29). The number of rotatable bonds is 6. The molecule has 2 amide bonds. The van der Waals surface area contributed by atoms with Crippen LogP contribution in [-0.2, 0) is 9.59 Å². The molecule has 0 unspecified atom stereocenters. The molecule has 0 radical (unpaired) electrons. The Balaban J connectivity index is 1.44. The molecule has 1 N–H and O–H groups in total. The summed E-state index contributed by atoms with van der Waals surface area (Å²) in [5.41, 5.74) is 3.17. The molecular formula is C23H23N5O3. The topological polar surface area (TPSA) is 101 Å². The molecule has 2 heterocycles. The van der Waals surface area contributed by atoms with Crippen molar-refractivity contribution in [3.63, 3.8) is 0 Å². The second-order valence-corrected chi connectivity index (χ2v) is 7.61. The predicted octanol–water partition coefficient (Wildman–Crippen LogP) is 3.83. The average molecular weight is 417 g/mol. The highest BCUT2D eigenvalue weighted by Crippen LogP contribution is 2.20. The van der Waals surface area contributed by atoms with E-state index in [9.17, 15) is 9.59 Å². The number of amides is 2. The van der Waals surface area contributed by atoms with Crippen LogP contribution in [0.2, 0.25) is 0 Å². The van der Waals surface area contributed by atoms with E-state index in [-0.39, 0.29) is 30.7 Å². The number of aromatic nitrogens is 2. The zero-order valence-corrected chi connectivity index (χ0v) is 17.4. The molecule has 1 aliphatic heterocycles. The molecule has 0 saturated heterocycles. The Morgan fingerprint density at radius 1 is 1.10 bits per heavy atom. The SMILES string of the molecule is CC(C)c1ccc(NC(=O)CN2N=C(c3nc(-c4ccccc4)no3)CCC2=O)cc1. The summed E-state index contributed by atoms with van der Waals surface area (Å²) in [7, 11) is 0. The number of nitrogens with zero attached hydrogens (tertiary/aromatic N) is 4. The smallest absolute Gasteiger partial charge is 0.274 e. The number of hydrogen-bond acceptors (Lipinski definition) is 6. The highest BCUT2D eigenvalue weighted by atomic mass is 16.5. The minimum Gasteiger partial charge on any atom is -0.332 e. The van der Waals surface area contributed by atoms with Gasteiger partial charge in [0.05, 0.1) is 0 Å². The van der Waals surface area contributed by atoms with E-state index in [0.717, 1.165) is 10.6 Å². The molecule has 1 aromatic heterocycles. The van der Waals surface area contributed by atoms with E-state index in [1.54, 1.807) is 0 Å². The van der Waals surface area contributed by atoms with Crippen LogP contribution in [-0.4, -0.2) is 39.2 Å². The highest BCUT2D eigenvalue weighted by Gasteiger charge is 2.26. The number of benzene rings is 2. The lowest BCUT2D eigenvalue weighted by Crippen LogP contribution is -2.38. The lowest BCUT2D eigenvalue weighted by Gasteiger charge is -2.21. The fraction of sp³-hybridized carbons (Fsp3) is 0.261. The van der Waals surface area contributed by atoms with Crippen LogP contribution in [0.4, 0.5) is 5.69 Å². The van der Waals surface area contributed by atoms with E-state index in [2.05, 4.69) is 34.4 Å². The van der Waals surface area contributed by atoms with Gasteiger partial charge in [0.25, 0.3) is 5.89 Å². The first kappa shape index (κ1) is 20.5. The van der Waals surface area contributed by atoms with E-state index < -0.39 is 0 Å². The van der Waals surface area contributed by atoms with Gasteiger partial charge in [0.15, 0.2) is 0 Å². The summed E-state index contributed by atoms with van der Waals surface area (Å²) in [6.45, 7) is 4.03. The second-order valence-electron chi connectivity index (χ2n) is 7.61. The van der Waals surface area contributed by atoms with Crippen molar-refractivity contribution in [1.29, 1.82) is 0 Å². The van der Waals surface area contributed by atoms with Gasteiger partial charge in [-0.15, -0.1) is 0 Å². The maximum Gasteiger partial charge on any atom is 0.274 e. The first-order valence-electron chi connectivity index (χ1n) is 10.2. The van der Waals surface area contributed by atoms with Crippen molar-refractivity contribution in [2.24, 2.45) is 5.10 Å². The molecule has 2 aromatic carbocycles. The largest absolute Gasteiger partial charge is 0.332 e. The maximum atomic E-state index is 12.5. The first-order chi connectivity index (χ1) is 15.0. The number of carbonyl (C=O) groups excluding carboxylic acids is 2. The summed E-state index contributed by atoms with van der Waals surface area (Å²) in [6, 6.07) is 17.1. The van der Waals surface area contributed by atoms with Crippen molar-refractivity contribution in [3.8, 4) is 11.4 Å². The second kappa shape index (κ2) is 8.91. The molecule has 4 rings (SSSR count). The first-order valence-corrected chi connectivity index (χ1v) is 10.2. The number of hydrogen-bond donors (Lipinski definition) is 1. The van der Waals surface area contributed by atoms with Crippen LogP contribution in [0.25, 0.3) is 11.4 Å². The van der Waals surface area contributed by atoms with E-state index in [1.165, 1.54) is 5.56 Å². The molecule has 8 nitrogen and oxygen atoms in total. The minimum atomic E-state index is -0.328. The Bertz CT molecular complexity index is 1100. The Morgan fingerprint density at radius 3 is 2.55 bits per heavy atom. The lowest BCUT2D eigenvalue weighted by atomic mass is 10.0. The van der Waals surface area contributed by atoms with E-state index in [1.807, 2.05) is 54.6 Å². The molecule has 1 aliphatic rings. The zero-order valence-electron chi connectivity index (χ0n) is 17.4. The number of nitrogens with one attached hydrogen (secondary N) is 1. The molecule has 31 heavy (non-hydrogen) atoms. The van der Waals surface area contributed by atoms with E-state index in [4.69, 9.17) is 4.52 Å². The van der Waals surface area contributed by atoms with E-state index >= 15 is 0 Å². The molecule has 0 atom stereocenters. The van der Waals surface area contributed by atoms with Crippen LogP contribution in [0.5, 0.6) is 0 Å². The third kappa shape index (κ3) is 4.85. The zero-order chi connectivity index (χ0) is 21.8. The summed E-state index contributed by atoms with van der Waals surface area (Å²) in [5, 5.41) is 12.3. The predicted molar refractivity (Wildman–Crippen MR) is 116 cm³/mol. The molecule has 0 fully saturated rings. The third-order valence-corrected chi connectivity index (χ3v) is 4.96. The fourth-order valence-electron chi connectivity index (χ4n) is 3.21. The van der Waals surface area contributed by atoms with Crippen molar-refractivity contribution in [2.45, 2.75) is 32.6 Å². The molecule has 0 spiro atoms. The molecular weight excluding hydrogens is 394 g/mol. The molecule has 0 bridgehead atoms. The average Bonchev–Trinajstić information content (AvgIpc) is 3.26. The summed E-state index contributed by atoms with van der Waals surface area (Å²) >= 11 is 0. The van der Waals surface area contributed by atoms with Crippen molar-refractivity contribution in [3.05, 3.63) is 66.1 Å². The van der Waals surface area contributed by atoms with Gasteiger partial charge in [0.1, 0.15) is 12.3 Å². The van der Waals surface area contributed by atoms with E-state index in [0.29, 0.717) is 29.6 Å². The summed E-state index contributed by atoms with van der Waals surface area (Å²) in [4.78, 5) is 29.1. The summed E-state index contributed by atoms with van der Waals surface area (Å²) < 4.78 is 5.34. The monoisotopic (exact) mass is 417 g/mol. The van der Waals surface area contributed by atoms with Gasteiger partial charge >= 0.3 is 0 Å². The Kier molecular flexibility index (Phi) is 5.88. The van der Waals surface area contributed by atoms with Gasteiger partial charge in [0, 0.05) is 24.1 Å². The van der Waals surface area contributed by atoms with Crippen LogP contribution < -0.4 is 5.32 Å². The van der Waals surface area contributed by atoms with Gasteiger partial charge in [-0.05, 0) is 23.6 Å². The van der Waals surface area contributed by atoms with Crippen molar-refractivity contribution < 1.29 is 14.1 Å². The Morgan fingerprint density at radius 2 is 1.84 bits per heavy atom. The summed E-state index contributed by atoms with van der Waals surface area (Å²) in [5.74, 6) is 0.559. The normalized spacial score (nSPS) is 14.0. The van der Waals surface area contributed by atoms with Gasteiger partial charge in [-0.3, -0.25) is 9.59 Å². The van der Waals surface area contributed by atoms with Gasteiger partial charge in [0.2, 0.25) is 17.6 Å². The molecule has 0 saturated carbocycles. The van der Waals surface area contributed by atoms with Gasteiger partial charge in [-0.25, -0.2) is 5.01 Å². The van der Waals surface area contributed by atoms with Crippen molar-refractivity contribution in [1.82, 2.24) is 15.1 Å². The van der Waals surface area contributed by atoms with Crippen LogP contribution >= 0.6 is 0 Å². The summed E-state index contributed by atoms with van der Waals surface area (Å²) in [6.07, 6.45) is 0.599. The minimum absolute atomic E-state index is 0.187. The maximum absolute atomic E-state index is 12.5. The third-order valence-electron chi connectivity index (χ3n) is 4.96. The van der Waals surface area contributed by atoms with Crippen LogP contribution in [0, 0.1) is 0 Å². The fourth-order valence-corrected chi connectivity index (χ4v) is 3.21. The molecule has 0 aliphatic carbocycles. The van der Waals surface area contributed by atoms with Crippen LogP contribution in [0.15, 0.2) is 64.2 Å². The number of carbonyl (C=O) groups is 2. The lowest BCUT2D eigenvalue weighted by molar-refractivity contribution is -0.135. The Labute approximate surface area is 180 Å². The van der Waals surface area contributed by atoms with Crippen molar-refractivity contribution >= 4 is 23.2 Å². The van der Waals surface area contributed by atoms with Gasteiger partial charge in [-0.2, -0.15) is 10.1 Å². The highest BCUT2D eigenvalue weighted by molar-refractivity contribution is 6.02. The molecule has 158 valence electrons. The molecule has 8 heteroatoms. The van der Waals surface area contributed by atoms with Gasteiger partial charge < -0.3 is 9.84 Å². The van der Waals surface area contributed by atoms with Crippen LogP contribution in [0.3, 0.4) is 0 Å². The quantitative estimate of drug-likeness (QED) is 0.657. The number of hydrazone groups is 1. The molecule has 3 aromatic rings.